The maximum atomic E-state index is 13.6. The van der Waals surface area contributed by atoms with Crippen LogP contribution in [0.5, 0.6) is 5.75 Å². The van der Waals surface area contributed by atoms with Gasteiger partial charge in [0.2, 0.25) is 5.95 Å². The molecule has 3 aromatic heterocycles. The van der Waals surface area contributed by atoms with Crippen molar-refractivity contribution in [1.82, 2.24) is 24.1 Å². The quantitative estimate of drug-likeness (QED) is 0.405. The SMILES string of the molecule is CCCCNc1ncc2c(n1)n(Cc1ccc(OC)cc1)c(=O)n2Cc1cncc(F)c1. The number of ether oxygens (including phenoxy) is 1. The van der Waals surface area contributed by atoms with E-state index in [9.17, 15) is 9.18 Å². The van der Waals surface area contributed by atoms with Crippen LogP contribution < -0.4 is 15.7 Å². The molecule has 0 fully saturated rings. The van der Waals surface area contributed by atoms with E-state index in [0.29, 0.717) is 29.2 Å². The lowest BCUT2D eigenvalue weighted by atomic mass is 10.2. The first kappa shape index (κ1) is 21.5. The third-order valence-electron chi connectivity index (χ3n) is 5.17. The summed E-state index contributed by atoms with van der Waals surface area (Å²) in [6.45, 7) is 3.36. The molecule has 0 bridgehead atoms. The van der Waals surface area contributed by atoms with E-state index in [4.69, 9.17) is 4.74 Å². The number of methoxy groups -OCH3 is 1. The lowest BCUT2D eigenvalue weighted by Gasteiger charge is -2.06. The number of hydrogen-bond acceptors (Lipinski definition) is 6. The maximum Gasteiger partial charge on any atom is 0.331 e. The van der Waals surface area contributed by atoms with Crippen LogP contribution in [-0.2, 0) is 13.1 Å². The summed E-state index contributed by atoms with van der Waals surface area (Å²) in [5.41, 5.74) is 2.36. The number of hydrogen-bond donors (Lipinski definition) is 1. The van der Waals surface area contributed by atoms with Gasteiger partial charge in [-0.2, -0.15) is 4.98 Å². The topological polar surface area (TPSA) is 86.9 Å². The Morgan fingerprint density at radius 1 is 1.06 bits per heavy atom. The number of benzene rings is 1. The molecule has 0 aliphatic heterocycles. The van der Waals surface area contributed by atoms with Crippen molar-refractivity contribution in [3.05, 3.63) is 76.4 Å². The average molecular weight is 436 g/mol. The van der Waals surface area contributed by atoms with E-state index < -0.39 is 5.82 Å². The molecule has 0 saturated heterocycles. The van der Waals surface area contributed by atoms with Crippen molar-refractivity contribution in [2.24, 2.45) is 0 Å². The monoisotopic (exact) mass is 436 g/mol. The van der Waals surface area contributed by atoms with Crippen molar-refractivity contribution in [1.29, 1.82) is 0 Å². The van der Waals surface area contributed by atoms with Gasteiger partial charge in [-0.05, 0) is 35.7 Å². The third kappa shape index (κ3) is 4.61. The summed E-state index contributed by atoms with van der Waals surface area (Å²) < 4.78 is 22.0. The number of unbranched alkanes of at least 4 members (excludes halogenated alkanes) is 1. The molecule has 32 heavy (non-hydrogen) atoms. The number of imidazole rings is 1. The summed E-state index contributed by atoms with van der Waals surface area (Å²) >= 11 is 0. The minimum Gasteiger partial charge on any atom is -0.497 e. The number of halogens is 1. The van der Waals surface area contributed by atoms with Gasteiger partial charge in [-0.1, -0.05) is 25.5 Å². The molecule has 166 valence electrons. The van der Waals surface area contributed by atoms with Crippen LogP contribution in [0, 0.1) is 5.82 Å². The van der Waals surface area contributed by atoms with Crippen molar-refractivity contribution in [2.75, 3.05) is 19.0 Å². The Morgan fingerprint density at radius 3 is 2.56 bits per heavy atom. The Bertz CT molecular complexity index is 1270. The molecule has 0 amide bonds. The molecule has 8 nitrogen and oxygen atoms in total. The molecule has 4 rings (SSSR count). The molecule has 1 N–H and O–H groups in total. The zero-order valence-electron chi connectivity index (χ0n) is 18.1. The van der Waals surface area contributed by atoms with E-state index in [1.165, 1.54) is 6.07 Å². The number of nitrogens with one attached hydrogen (secondary N) is 1. The second-order valence-electron chi connectivity index (χ2n) is 7.50. The highest BCUT2D eigenvalue weighted by Crippen LogP contribution is 2.17. The summed E-state index contributed by atoms with van der Waals surface area (Å²) in [5, 5.41) is 3.21. The molecule has 0 aliphatic carbocycles. The summed E-state index contributed by atoms with van der Waals surface area (Å²) in [5.74, 6) is 0.766. The highest BCUT2D eigenvalue weighted by Gasteiger charge is 2.17. The van der Waals surface area contributed by atoms with Crippen molar-refractivity contribution in [3.8, 4) is 5.75 Å². The fourth-order valence-corrected chi connectivity index (χ4v) is 3.49. The zero-order chi connectivity index (χ0) is 22.5. The molecule has 0 spiro atoms. The van der Waals surface area contributed by atoms with E-state index in [1.807, 2.05) is 24.3 Å². The van der Waals surface area contributed by atoms with E-state index in [-0.39, 0.29) is 12.2 Å². The first-order valence-corrected chi connectivity index (χ1v) is 10.5. The van der Waals surface area contributed by atoms with Crippen LogP contribution in [0.3, 0.4) is 0 Å². The molecule has 0 unspecified atom stereocenters. The lowest BCUT2D eigenvalue weighted by Crippen LogP contribution is -2.25. The van der Waals surface area contributed by atoms with Crippen LogP contribution in [0.25, 0.3) is 11.2 Å². The fourth-order valence-electron chi connectivity index (χ4n) is 3.49. The predicted octanol–water partition coefficient (Wildman–Crippen LogP) is 3.44. The second kappa shape index (κ2) is 9.59. The highest BCUT2D eigenvalue weighted by atomic mass is 19.1. The van der Waals surface area contributed by atoms with Crippen molar-refractivity contribution in [2.45, 2.75) is 32.9 Å². The predicted molar refractivity (Wildman–Crippen MR) is 121 cm³/mol. The molecular weight excluding hydrogens is 411 g/mol. The Balaban J connectivity index is 1.76. The van der Waals surface area contributed by atoms with Gasteiger partial charge in [0.05, 0.1) is 32.6 Å². The molecular formula is C23H25FN6O2. The standard InChI is InChI=1S/C23H25FN6O2/c1-3-4-9-26-22-27-13-20-21(28-22)30(14-16-5-7-19(32-2)8-6-16)23(31)29(20)15-17-10-18(24)12-25-11-17/h5-8,10-13H,3-4,9,14-15H2,1-2H3,(H,26,27,28). The van der Waals surface area contributed by atoms with Crippen LogP contribution in [0.4, 0.5) is 10.3 Å². The van der Waals surface area contributed by atoms with Crippen molar-refractivity contribution >= 4 is 17.1 Å². The van der Waals surface area contributed by atoms with E-state index in [0.717, 1.165) is 36.9 Å². The summed E-state index contributed by atoms with van der Waals surface area (Å²) in [7, 11) is 1.61. The van der Waals surface area contributed by atoms with Crippen LogP contribution in [0.2, 0.25) is 0 Å². The molecule has 4 aromatic rings. The van der Waals surface area contributed by atoms with Gasteiger partial charge >= 0.3 is 5.69 Å². The molecule has 0 aliphatic rings. The molecule has 3 heterocycles. The minimum atomic E-state index is -0.448. The normalized spacial score (nSPS) is 11.1. The number of rotatable bonds is 9. The van der Waals surface area contributed by atoms with Crippen LogP contribution in [-0.4, -0.2) is 37.7 Å². The van der Waals surface area contributed by atoms with Gasteiger partial charge in [-0.25, -0.2) is 14.2 Å². The third-order valence-corrected chi connectivity index (χ3v) is 5.17. The van der Waals surface area contributed by atoms with Gasteiger partial charge in [-0.15, -0.1) is 0 Å². The van der Waals surface area contributed by atoms with Gasteiger partial charge in [0, 0.05) is 12.7 Å². The first-order chi connectivity index (χ1) is 15.6. The lowest BCUT2D eigenvalue weighted by molar-refractivity contribution is 0.414. The molecule has 0 atom stereocenters. The molecule has 0 radical (unpaired) electrons. The zero-order valence-corrected chi connectivity index (χ0v) is 18.1. The van der Waals surface area contributed by atoms with Gasteiger partial charge in [0.1, 0.15) is 17.1 Å². The maximum absolute atomic E-state index is 13.6. The fraction of sp³-hybridized carbons (Fsp3) is 0.304. The number of anilines is 1. The van der Waals surface area contributed by atoms with E-state index in [1.54, 1.807) is 28.6 Å². The molecule has 0 saturated carbocycles. The van der Waals surface area contributed by atoms with Crippen molar-refractivity contribution in [3.63, 3.8) is 0 Å². The van der Waals surface area contributed by atoms with Gasteiger partial charge in [0.15, 0.2) is 5.65 Å². The van der Waals surface area contributed by atoms with E-state index >= 15 is 0 Å². The second-order valence-corrected chi connectivity index (χ2v) is 7.50. The van der Waals surface area contributed by atoms with Gasteiger partial charge < -0.3 is 10.1 Å². The Kier molecular flexibility index (Phi) is 6.44. The van der Waals surface area contributed by atoms with Gasteiger partial charge in [-0.3, -0.25) is 14.1 Å². The molecule has 1 aromatic carbocycles. The van der Waals surface area contributed by atoms with Crippen LogP contribution in [0.1, 0.15) is 30.9 Å². The Labute approximate surface area is 184 Å². The largest absolute Gasteiger partial charge is 0.497 e. The smallest absolute Gasteiger partial charge is 0.331 e. The average Bonchev–Trinajstić information content (AvgIpc) is 3.05. The first-order valence-electron chi connectivity index (χ1n) is 10.5. The van der Waals surface area contributed by atoms with Crippen molar-refractivity contribution < 1.29 is 9.13 Å². The summed E-state index contributed by atoms with van der Waals surface area (Å²) in [6, 6.07) is 8.89. The Morgan fingerprint density at radius 2 is 1.84 bits per heavy atom. The van der Waals surface area contributed by atoms with Crippen LogP contribution in [0.15, 0.2) is 53.7 Å². The summed E-state index contributed by atoms with van der Waals surface area (Å²) in [6.07, 6.45) is 6.36. The highest BCUT2D eigenvalue weighted by molar-refractivity contribution is 5.72. The van der Waals surface area contributed by atoms with Gasteiger partial charge in [0.25, 0.3) is 0 Å². The number of pyridine rings is 1. The van der Waals surface area contributed by atoms with Crippen LogP contribution >= 0.6 is 0 Å². The Hall–Kier alpha value is -3.75. The minimum absolute atomic E-state index is 0.168. The number of nitrogens with zero attached hydrogens (tertiary/aromatic N) is 5. The number of fused-ring (bicyclic) bond motifs is 1. The number of aromatic nitrogens is 5. The summed E-state index contributed by atoms with van der Waals surface area (Å²) in [4.78, 5) is 26.3. The van der Waals surface area contributed by atoms with E-state index in [2.05, 4.69) is 27.2 Å². The molecule has 9 heteroatoms.